The van der Waals surface area contributed by atoms with Gasteiger partial charge in [0.05, 0.1) is 29.7 Å². The molecule has 3 aromatic rings. The molecule has 0 fully saturated rings. The minimum Gasteiger partial charge on any atom is -0.388 e. The van der Waals surface area contributed by atoms with Crippen molar-refractivity contribution in [3.63, 3.8) is 0 Å². The number of aromatic nitrogens is 2. The van der Waals surface area contributed by atoms with Gasteiger partial charge in [0.15, 0.2) is 0 Å². The van der Waals surface area contributed by atoms with Crippen LogP contribution in [-0.4, -0.2) is 20.7 Å². The molecule has 6 heteroatoms. The Morgan fingerprint density at radius 3 is 2.54 bits per heavy atom. The standard InChI is InChI=1S/C20H19ClFN3O/c1-20(2,26)19(13-6-4-3-5-7-13)25-18-12-23-11-17(24-18)15-10-14(21)8-9-16(15)22/h3-12,19,26H,1-2H3,(H,24,25)/t19-/m1/s1. The zero-order valence-electron chi connectivity index (χ0n) is 14.4. The quantitative estimate of drug-likeness (QED) is 0.672. The van der Waals surface area contributed by atoms with Crippen molar-refractivity contribution in [2.24, 2.45) is 0 Å². The fourth-order valence-corrected chi connectivity index (χ4v) is 2.89. The van der Waals surface area contributed by atoms with Gasteiger partial charge in [-0.2, -0.15) is 0 Å². The van der Waals surface area contributed by atoms with Crippen molar-refractivity contribution in [2.75, 3.05) is 5.32 Å². The Morgan fingerprint density at radius 1 is 1.12 bits per heavy atom. The minimum atomic E-state index is -1.06. The Morgan fingerprint density at radius 2 is 1.85 bits per heavy atom. The van der Waals surface area contributed by atoms with Crippen LogP contribution >= 0.6 is 11.6 Å². The first kappa shape index (κ1) is 18.3. The third-order valence-electron chi connectivity index (χ3n) is 3.97. The number of halogens is 2. The van der Waals surface area contributed by atoms with E-state index >= 15 is 0 Å². The van der Waals surface area contributed by atoms with E-state index < -0.39 is 17.5 Å². The number of rotatable bonds is 5. The maximum atomic E-state index is 14.1. The number of benzene rings is 2. The van der Waals surface area contributed by atoms with Crippen LogP contribution < -0.4 is 5.32 Å². The number of nitrogens with one attached hydrogen (secondary N) is 1. The van der Waals surface area contributed by atoms with Crippen molar-refractivity contribution in [2.45, 2.75) is 25.5 Å². The Hall–Kier alpha value is -2.50. The lowest BCUT2D eigenvalue weighted by Crippen LogP contribution is -2.34. The van der Waals surface area contributed by atoms with Crippen LogP contribution in [-0.2, 0) is 0 Å². The molecule has 0 saturated heterocycles. The summed E-state index contributed by atoms with van der Waals surface area (Å²) in [5.41, 5.74) is 0.479. The molecule has 0 aliphatic heterocycles. The lowest BCUT2D eigenvalue weighted by atomic mass is 9.92. The molecule has 0 unspecified atom stereocenters. The zero-order chi connectivity index (χ0) is 18.7. The molecule has 0 saturated carbocycles. The number of nitrogens with zero attached hydrogens (tertiary/aromatic N) is 2. The molecule has 3 rings (SSSR count). The molecule has 2 N–H and O–H groups in total. The Balaban J connectivity index is 1.96. The molecule has 0 spiro atoms. The van der Waals surface area contributed by atoms with Gasteiger partial charge in [-0.05, 0) is 37.6 Å². The van der Waals surface area contributed by atoms with E-state index in [2.05, 4.69) is 15.3 Å². The molecule has 4 nitrogen and oxygen atoms in total. The molecule has 0 aliphatic rings. The monoisotopic (exact) mass is 371 g/mol. The van der Waals surface area contributed by atoms with Crippen LogP contribution in [0.15, 0.2) is 60.9 Å². The fraction of sp³-hybridized carbons (Fsp3) is 0.200. The average molecular weight is 372 g/mol. The van der Waals surface area contributed by atoms with E-state index in [9.17, 15) is 9.50 Å². The van der Waals surface area contributed by atoms with Crippen LogP contribution in [0.4, 0.5) is 10.2 Å². The highest BCUT2D eigenvalue weighted by Crippen LogP contribution is 2.30. The van der Waals surface area contributed by atoms with Gasteiger partial charge in [-0.15, -0.1) is 0 Å². The van der Waals surface area contributed by atoms with Gasteiger partial charge in [-0.25, -0.2) is 9.37 Å². The van der Waals surface area contributed by atoms with Gasteiger partial charge < -0.3 is 10.4 Å². The van der Waals surface area contributed by atoms with Crippen molar-refractivity contribution >= 4 is 17.4 Å². The molecule has 0 radical (unpaired) electrons. The second kappa shape index (κ2) is 7.40. The van der Waals surface area contributed by atoms with E-state index in [-0.39, 0.29) is 5.56 Å². The second-order valence-electron chi connectivity index (χ2n) is 6.56. The summed E-state index contributed by atoms with van der Waals surface area (Å²) in [6, 6.07) is 13.4. The number of aliphatic hydroxyl groups is 1. The average Bonchev–Trinajstić information content (AvgIpc) is 2.62. The first-order valence-electron chi connectivity index (χ1n) is 8.16. The van der Waals surface area contributed by atoms with Gasteiger partial charge in [-0.1, -0.05) is 41.9 Å². The summed E-state index contributed by atoms with van der Waals surface area (Å²) in [5, 5.41) is 14.2. The predicted octanol–water partition coefficient (Wildman–Crippen LogP) is 4.86. The SMILES string of the molecule is CC(C)(O)[C@H](Nc1cncc(-c2cc(Cl)ccc2F)n1)c1ccccc1. The fourth-order valence-electron chi connectivity index (χ4n) is 2.72. The Kier molecular flexibility index (Phi) is 5.20. The molecule has 1 atom stereocenters. The van der Waals surface area contributed by atoms with Gasteiger partial charge in [-0.3, -0.25) is 4.98 Å². The normalized spacial score (nSPS) is 12.7. The third-order valence-corrected chi connectivity index (χ3v) is 4.21. The highest BCUT2D eigenvalue weighted by atomic mass is 35.5. The van der Waals surface area contributed by atoms with E-state index in [1.54, 1.807) is 13.8 Å². The molecule has 1 aromatic heterocycles. The largest absolute Gasteiger partial charge is 0.388 e. The van der Waals surface area contributed by atoms with Crippen molar-refractivity contribution in [3.8, 4) is 11.3 Å². The molecule has 26 heavy (non-hydrogen) atoms. The summed E-state index contributed by atoms with van der Waals surface area (Å²) in [7, 11) is 0. The summed E-state index contributed by atoms with van der Waals surface area (Å²) in [5.74, 6) is 0.000742. The number of hydrogen-bond donors (Lipinski definition) is 2. The van der Waals surface area contributed by atoms with Crippen molar-refractivity contribution < 1.29 is 9.50 Å². The van der Waals surface area contributed by atoms with Crippen molar-refractivity contribution in [3.05, 3.63) is 77.3 Å². The van der Waals surface area contributed by atoms with Gasteiger partial charge in [0.25, 0.3) is 0 Å². The highest BCUT2D eigenvalue weighted by Gasteiger charge is 2.28. The number of anilines is 1. The Labute approximate surface area is 156 Å². The molecule has 1 heterocycles. The topological polar surface area (TPSA) is 58.0 Å². The van der Waals surface area contributed by atoms with Gasteiger partial charge in [0.1, 0.15) is 11.6 Å². The summed E-state index contributed by atoms with van der Waals surface area (Å²) in [6.45, 7) is 3.43. The van der Waals surface area contributed by atoms with E-state index in [1.807, 2.05) is 30.3 Å². The maximum Gasteiger partial charge on any atom is 0.145 e. The molecule has 0 aliphatic carbocycles. The van der Waals surface area contributed by atoms with Crippen molar-refractivity contribution in [1.82, 2.24) is 9.97 Å². The van der Waals surface area contributed by atoms with Crippen LogP contribution in [0, 0.1) is 5.82 Å². The van der Waals surface area contributed by atoms with Crippen LogP contribution in [0.25, 0.3) is 11.3 Å². The van der Waals surface area contributed by atoms with E-state index in [4.69, 9.17) is 11.6 Å². The Bertz CT molecular complexity index is 897. The first-order chi connectivity index (χ1) is 12.3. The predicted molar refractivity (Wildman–Crippen MR) is 102 cm³/mol. The molecule has 0 bridgehead atoms. The first-order valence-corrected chi connectivity index (χ1v) is 8.54. The summed E-state index contributed by atoms with van der Waals surface area (Å²) >= 11 is 5.97. The van der Waals surface area contributed by atoms with E-state index in [0.29, 0.717) is 16.5 Å². The molecule has 2 aromatic carbocycles. The summed E-state index contributed by atoms with van der Waals surface area (Å²) in [6.07, 6.45) is 3.01. The zero-order valence-corrected chi connectivity index (χ0v) is 15.2. The molecule has 0 amide bonds. The highest BCUT2D eigenvalue weighted by molar-refractivity contribution is 6.30. The van der Waals surface area contributed by atoms with E-state index in [1.165, 1.54) is 30.6 Å². The van der Waals surface area contributed by atoms with Gasteiger partial charge in [0, 0.05) is 10.6 Å². The van der Waals surface area contributed by atoms with Crippen LogP contribution in [0.2, 0.25) is 5.02 Å². The third kappa shape index (κ3) is 4.18. The van der Waals surface area contributed by atoms with Crippen LogP contribution in [0.5, 0.6) is 0 Å². The van der Waals surface area contributed by atoms with Crippen molar-refractivity contribution in [1.29, 1.82) is 0 Å². The second-order valence-corrected chi connectivity index (χ2v) is 6.99. The molecule has 134 valence electrons. The smallest absolute Gasteiger partial charge is 0.145 e. The summed E-state index contributed by atoms with van der Waals surface area (Å²) in [4.78, 5) is 8.58. The minimum absolute atomic E-state index is 0.271. The maximum absolute atomic E-state index is 14.1. The van der Waals surface area contributed by atoms with E-state index in [0.717, 1.165) is 5.56 Å². The van der Waals surface area contributed by atoms with Gasteiger partial charge >= 0.3 is 0 Å². The van der Waals surface area contributed by atoms with Gasteiger partial charge in [0.2, 0.25) is 0 Å². The lowest BCUT2D eigenvalue weighted by molar-refractivity contribution is 0.0588. The summed E-state index contributed by atoms with van der Waals surface area (Å²) < 4.78 is 14.1. The van der Waals surface area contributed by atoms with Crippen LogP contribution in [0.3, 0.4) is 0 Å². The molecular formula is C20H19ClFN3O. The number of hydrogen-bond acceptors (Lipinski definition) is 4. The molecular weight excluding hydrogens is 353 g/mol. The van der Waals surface area contributed by atoms with Crippen LogP contribution in [0.1, 0.15) is 25.5 Å². The lowest BCUT2D eigenvalue weighted by Gasteiger charge is -2.31.